The molecule has 0 radical (unpaired) electrons. The van der Waals surface area contributed by atoms with Crippen LogP contribution in [0.4, 0.5) is 0 Å². The van der Waals surface area contributed by atoms with Crippen molar-refractivity contribution in [3.05, 3.63) is 53.2 Å². The first-order valence-electron chi connectivity index (χ1n) is 6.85. The number of pyridine rings is 1. The molecule has 0 saturated heterocycles. The largest absolute Gasteiger partial charge is 0.469 e. The number of furan rings is 1. The summed E-state index contributed by atoms with van der Waals surface area (Å²) in [5, 5.41) is 0. The maximum Gasteiger partial charge on any atom is 0.175 e. The Morgan fingerprint density at radius 3 is 3.21 bits per heavy atom. The number of Topliss-reactive ketones (excluding diaryl/α,β-unsaturated/α-hetero) is 1. The molecule has 2 aromatic rings. The van der Waals surface area contributed by atoms with Crippen LogP contribution in [0.2, 0.25) is 0 Å². The van der Waals surface area contributed by atoms with Gasteiger partial charge in [-0.05, 0) is 37.0 Å². The van der Waals surface area contributed by atoms with Crippen LogP contribution in [0.5, 0.6) is 0 Å². The maximum atomic E-state index is 12.7. The zero-order valence-electron chi connectivity index (χ0n) is 11.1. The fourth-order valence-electron chi connectivity index (χ4n) is 2.89. The van der Waals surface area contributed by atoms with E-state index in [1.54, 1.807) is 18.5 Å². The van der Waals surface area contributed by atoms with Gasteiger partial charge in [-0.25, -0.2) is 0 Å². The van der Waals surface area contributed by atoms with Gasteiger partial charge in [-0.1, -0.05) is 13.0 Å². The number of aromatic nitrogens is 1. The Kier molecular flexibility index (Phi) is 3.20. The van der Waals surface area contributed by atoms with E-state index in [0.29, 0.717) is 0 Å². The Hall–Kier alpha value is -1.90. The van der Waals surface area contributed by atoms with Crippen molar-refractivity contribution in [3.63, 3.8) is 0 Å². The van der Waals surface area contributed by atoms with Crippen LogP contribution in [0.3, 0.4) is 0 Å². The summed E-state index contributed by atoms with van der Waals surface area (Å²) < 4.78 is 5.37. The van der Waals surface area contributed by atoms with Crippen LogP contribution in [-0.2, 0) is 12.8 Å². The summed E-state index contributed by atoms with van der Waals surface area (Å²) in [5.74, 6) is 0.839. The van der Waals surface area contributed by atoms with Crippen LogP contribution in [0.15, 0.2) is 35.1 Å². The second kappa shape index (κ2) is 5.00. The fourth-order valence-corrected chi connectivity index (χ4v) is 2.89. The van der Waals surface area contributed by atoms with Crippen LogP contribution in [0.1, 0.15) is 53.1 Å². The quantitative estimate of drug-likeness (QED) is 0.788. The summed E-state index contributed by atoms with van der Waals surface area (Å²) in [4.78, 5) is 17.1. The van der Waals surface area contributed by atoms with E-state index >= 15 is 0 Å². The summed E-state index contributed by atoms with van der Waals surface area (Å²) >= 11 is 0. The van der Waals surface area contributed by atoms with Gasteiger partial charge in [0.25, 0.3) is 0 Å². The number of fused-ring (bicyclic) bond motifs is 1. The fraction of sp³-hybridized carbons (Fsp3) is 0.375. The average molecular weight is 255 g/mol. The van der Waals surface area contributed by atoms with E-state index in [4.69, 9.17) is 4.42 Å². The SMILES string of the molecule is CCc1occc1C(=O)C1CCCc2cccnc21. The molecule has 0 bridgehead atoms. The van der Waals surface area contributed by atoms with Crippen LogP contribution in [-0.4, -0.2) is 10.8 Å². The molecule has 0 fully saturated rings. The molecule has 1 aliphatic carbocycles. The number of hydrogen-bond donors (Lipinski definition) is 0. The Morgan fingerprint density at radius 1 is 1.47 bits per heavy atom. The molecule has 0 amide bonds. The van der Waals surface area contributed by atoms with Crippen molar-refractivity contribution in [2.45, 2.75) is 38.5 Å². The third-order valence-corrected chi connectivity index (χ3v) is 3.84. The second-order valence-corrected chi connectivity index (χ2v) is 4.97. The van der Waals surface area contributed by atoms with Crippen molar-refractivity contribution in [1.29, 1.82) is 0 Å². The summed E-state index contributed by atoms with van der Waals surface area (Å²) in [6.07, 6.45) is 7.09. The van der Waals surface area contributed by atoms with Crippen molar-refractivity contribution < 1.29 is 9.21 Å². The molecular weight excluding hydrogens is 238 g/mol. The molecule has 3 heteroatoms. The van der Waals surface area contributed by atoms with Gasteiger partial charge in [0.2, 0.25) is 0 Å². The molecule has 3 rings (SSSR count). The van der Waals surface area contributed by atoms with Crippen molar-refractivity contribution >= 4 is 5.78 Å². The van der Waals surface area contributed by atoms with Crippen LogP contribution in [0, 0.1) is 0 Å². The zero-order chi connectivity index (χ0) is 13.2. The lowest BCUT2D eigenvalue weighted by Crippen LogP contribution is -2.20. The monoisotopic (exact) mass is 255 g/mol. The molecule has 3 nitrogen and oxygen atoms in total. The molecule has 0 saturated carbocycles. The van der Waals surface area contributed by atoms with E-state index in [1.807, 2.05) is 13.0 Å². The maximum absolute atomic E-state index is 12.7. The number of ketones is 1. The molecule has 1 atom stereocenters. The van der Waals surface area contributed by atoms with E-state index in [2.05, 4.69) is 11.1 Å². The molecule has 1 aliphatic rings. The van der Waals surface area contributed by atoms with Gasteiger partial charge in [0.05, 0.1) is 23.4 Å². The van der Waals surface area contributed by atoms with Gasteiger partial charge in [-0.15, -0.1) is 0 Å². The lowest BCUT2D eigenvalue weighted by molar-refractivity contribution is 0.0947. The number of nitrogens with zero attached hydrogens (tertiary/aromatic N) is 1. The average Bonchev–Trinajstić information content (AvgIpc) is 2.94. The van der Waals surface area contributed by atoms with Crippen LogP contribution >= 0.6 is 0 Å². The first-order chi connectivity index (χ1) is 9.31. The molecule has 2 aromatic heterocycles. The Bertz CT molecular complexity index is 600. The zero-order valence-corrected chi connectivity index (χ0v) is 11.1. The first kappa shape index (κ1) is 12.2. The summed E-state index contributed by atoms with van der Waals surface area (Å²) in [5.41, 5.74) is 2.90. The number of rotatable bonds is 3. The van der Waals surface area contributed by atoms with E-state index in [-0.39, 0.29) is 11.7 Å². The Balaban J connectivity index is 1.98. The highest BCUT2D eigenvalue weighted by Crippen LogP contribution is 2.33. The van der Waals surface area contributed by atoms with Crippen molar-refractivity contribution in [1.82, 2.24) is 4.98 Å². The first-order valence-corrected chi connectivity index (χ1v) is 6.85. The number of carbonyl (C=O) groups is 1. The minimum absolute atomic E-state index is 0.104. The highest BCUT2D eigenvalue weighted by Gasteiger charge is 2.30. The minimum atomic E-state index is -0.104. The lowest BCUT2D eigenvalue weighted by atomic mass is 9.82. The minimum Gasteiger partial charge on any atom is -0.469 e. The van der Waals surface area contributed by atoms with Gasteiger partial charge >= 0.3 is 0 Å². The number of carbonyl (C=O) groups excluding carboxylic acids is 1. The van der Waals surface area contributed by atoms with E-state index < -0.39 is 0 Å². The molecule has 0 N–H and O–H groups in total. The predicted molar refractivity (Wildman–Crippen MR) is 72.3 cm³/mol. The molecule has 2 heterocycles. The van der Waals surface area contributed by atoms with Crippen molar-refractivity contribution in [2.75, 3.05) is 0 Å². The van der Waals surface area contributed by atoms with E-state index in [9.17, 15) is 4.79 Å². The van der Waals surface area contributed by atoms with Gasteiger partial charge < -0.3 is 4.42 Å². The molecule has 98 valence electrons. The number of aryl methyl sites for hydroxylation is 2. The van der Waals surface area contributed by atoms with E-state index in [0.717, 1.165) is 42.7 Å². The molecule has 19 heavy (non-hydrogen) atoms. The van der Waals surface area contributed by atoms with Crippen molar-refractivity contribution in [2.24, 2.45) is 0 Å². The topological polar surface area (TPSA) is 43.1 Å². The van der Waals surface area contributed by atoms with Gasteiger partial charge in [-0.2, -0.15) is 0 Å². The summed E-state index contributed by atoms with van der Waals surface area (Å²) in [6, 6.07) is 5.82. The molecule has 1 unspecified atom stereocenters. The third kappa shape index (κ3) is 2.09. The van der Waals surface area contributed by atoms with Crippen LogP contribution in [0.25, 0.3) is 0 Å². The predicted octanol–water partition coefficient (Wildman–Crippen LogP) is 3.54. The van der Waals surface area contributed by atoms with Crippen molar-refractivity contribution in [3.8, 4) is 0 Å². The lowest BCUT2D eigenvalue weighted by Gasteiger charge is -2.22. The number of hydrogen-bond acceptors (Lipinski definition) is 3. The van der Waals surface area contributed by atoms with E-state index in [1.165, 1.54) is 5.56 Å². The molecule has 0 spiro atoms. The van der Waals surface area contributed by atoms with Gasteiger partial charge in [0.15, 0.2) is 5.78 Å². The second-order valence-electron chi connectivity index (χ2n) is 4.97. The Labute approximate surface area is 112 Å². The smallest absolute Gasteiger partial charge is 0.175 e. The van der Waals surface area contributed by atoms with Gasteiger partial charge in [-0.3, -0.25) is 9.78 Å². The standard InChI is InChI=1S/C16H17NO2/c1-2-14-12(8-10-19-14)16(18)13-7-3-5-11-6-4-9-17-15(11)13/h4,6,8-10,13H,2-3,5,7H2,1H3. The summed E-state index contributed by atoms with van der Waals surface area (Å²) in [7, 11) is 0. The highest BCUT2D eigenvalue weighted by molar-refractivity contribution is 6.01. The third-order valence-electron chi connectivity index (χ3n) is 3.84. The van der Waals surface area contributed by atoms with Crippen LogP contribution < -0.4 is 0 Å². The normalized spacial score (nSPS) is 18.1. The Morgan fingerprint density at radius 2 is 2.37 bits per heavy atom. The van der Waals surface area contributed by atoms with Gasteiger partial charge in [0.1, 0.15) is 5.76 Å². The van der Waals surface area contributed by atoms with Gasteiger partial charge in [0, 0.05) is 12.6 Å². The molecule has 0 aromatic carbocycles. The summed E-state index contributed by atoms with van der Waals surface area (Å²) in [6.45, 7) is 2.00. The molecular formula is C16H17NO2. The highest BCUT2D eigenvalue weighted by atomic mass is 16.3. The molecule has 0 aliphatic heterocycles.